The molecule has 0 heterocycles. The van der Waals surface area contributed by atoms with E-state index in [1.165, 1.54) is 218 Å². The third-order valence-corrected chi connectivity index (χ3v) is 13.7. The molecule has 0 radical (unpaired) electrons. The molecule has 7 nitrogen and oxygen atoms in total. The number of rotatable bonds is 62. The van der Waals surface area contributed by atoms with Gasteiger partial charge in [-0.1, -0.05) is 246 Å². The third kappa shape index (κ3) is 55.3. The zero-order chi connectivity index (χ0) is 51.4. The minimum absolute atomic E-state index is 0.0159. The molecule has 0 bridgehead atoms. The lowest BCUT2D eigenvalue weighted by molar-refractivity contribution is -0.207. The molecule has 0 fully saturated rings. The Morgan fingerprint density at radius 2 is 0.493 bits per heavy atom. The molecule has 0 saturated carbocycles. The highest BCUT2D eigenvalue weighted by atomic mass is 16.8. The van der Waals surface area contributed by atoms with Gasteiger partial charge < -0.3 is 33.2 Å². The topological polar surface area (TPSA) is 64.6 Å². The van der Waals surface area contributed by atoms with Crippen LogP contribution < -0.4 is 0 Å². The summed E-state index contributed by atoms with van der Waals surface area (Å²) in [6.45, 7) is 18.2. The highest BCUT2D eigenvalue weighted by Crippen LogP contribution is 2.18. The summed E-state index contributed by atoms with van der Waals surface area (Å²) in [6.07, 6.45) is 63.0. The van der Waals surface area contributed by atoms with Crippen molar-refractivity contribution >= 4 is 0 Å². The summed E-state index contributed by atoms with van der Waals surface area (Å²) >= 11 is 0. The van der Waals surface area contributed by atoms with E-state index in [9.17, 15) is 0 Å². The van der Waals surface area contributed by atoms with Gasteiger partial charge in [0, 0.05) is 39.6 Å². The Labute approximate surface area is 444 Å². The average molecular weight is 1010 g/mol. The summed E-state index contributed by atoms with van der Waals surface area (Å²) in [5.74, 6) is 0. The fourth-order valence-electron chi connectivity index (χ4n) is 9.03. The Bertz CT molecular complexity index is 907. The Hall–Kier alpha value is -0.800. The van der Waals surface area contributed by atoms with Gasteiger partial charge in [0.1, 0.15) is 0 Å². The number of hydrogen-bond donors (Lipinski definition) is 0. The van der Waals surface area contributed by atoms with Gasteiger partial charge in [0.05, 0.1) is 0 Å². The van der Waals surface area contributed by atoms with E-state index in [1.807, 2.05) is 0 Å². The minimum atomic E-state index is -0.385. The monoisotopic (exact) mass is 1010 g/mol. The standard InChI is InChI=1S/C64H126O7/c1-7-13-17-21-39-47-57-67-61(68-58-48-40-22-18-14-8-2)51-43-35-31-27-25-29-33-37-45-53-63(65-55-11-5)71-64(66-56-12-6)54-46-38-34-30-26-28-32-36-44-52-62(69-59-49-41-23-19-15-9-3)70-60-50-42-24-20-16-10-4/h45-46,53-54,61-64H,7-44,47-52,55-60H2,1-6H3. The van der Waals surface area contributed by atoms with Gasteiger partial charge in [-0.3, -0.25) is 0 Å². The molecule has 0 aliphatic carbocycles. The van der Waals surface area contributed by atoms with Crippen molar-refractivity contribution in [1.82, 2.24) is 0 Å². The number of allylic oxidation sites excluding steroid dienone is 2. The molecule has 0 aromatic heterocycles. The van der Waals surface area contributed by atoms with Crippen LogP contribution in [0.4, 0.5) is 0 Å². The molecular weight excluding hydrogens is 881 g/mol. The molecule has 71 heavy (non-hydrogen) atoms. The van der Waals surface area contributed by atoms with Crippen molar-refractivity contribution < 1.29 is 33.2 Å². The average Bonchev–Trinajstić information content (AvgIpc) is 3.38. The molecule has 0 rings (SSSR count). The first kappa shape index (κ1) is 70.2. The maximum Gasteiger partial charge on any atom is 0.180 e. The van der Waals surface area contributed by atoms with E-state index < -0.39 is 0 Å². The fraction of sp³-hybridized carbons (Fsp3) is 0.938. The normalized spacial score (nSPS) is 13.1. The Kier molecular flexibility index (Phi) is 61.0. The third-order valence-electron chi connectivity index (χ3n) is 13.7. The van der Waals surface area contributed by atoms with Crippen molar-refractivity contribution in [3.8, 4) is 0 Å². The molecular formula is C64H126O7. The number of unbranched alkanes of at least 4 members (excludes halogenated alkanes) is 34. The van der Waals surface area contributed by atoms with E-state index in [0.29, 0.717) is 13.2 Å². The molecule has 0 aromatic rings. The van der Waals surface area contributed by atoms with Gasteiger partial charge in [-0.25, -0.2) is 0 Å². The van der Waals surface area contributed by atoms with E-state index in [-0.39, 0.29) is 25.2 Å². The van der Waals surface area contributed by atoms with Crippen molar-refractivity contribution in [2.24, 2.45) is 0 Å². The van der Waals surface area contributed by atoms with Crippen molar-refractivity contribution in [3.63, 3.8) is 0 Å². The van der Waals surface area contributed by atoms with Crippen molar-refractivity contribution in [3.05, 3.63) is 24.3 Å². The fourth-order valence-corrected chi connectivity index (χ4v) is 9.03. The lowest BCUT2D eigenvalue weighted by Crippen LogP contribution is -2.25. The quantitative estimate of drug-likeness (QED) is 0.0342. The molecule has 2 unspecified atom stereocenters. The van der Waals surface area contributed by atoms with Gasteiger partial charge >= 0.3 is 0 Å². The van der Waals surface area contributed by atoms with Crippen LogP contribution in [-0.2, 0) is 33.2 Å². The highest BCUT2D eigenvalue weighted by molar-refractivity contribution is 4.90. The van der Waals surface area contributed by atoms with Crippen LogP contribution >= 0.6 is 0 Å². The summed E-state index contributed by atoms with van der Waals surface area (Å²) in [4.78, 5) is 0. The highest BCUT2D eigenvalue weighted by Gasteiger charge is 2.14. The predicted octanol–water partition coefficient (Wildman–Crippen LogP) is 20.8. The smallest absolute Gasteiger partial charge is 0.180 e. The summed E-state index contributed by atoms with van der Waals surface area (Å²) < 4.78 is 43.7. The number of hydrogen-bond acceptors (Lipinski definition) is 7. The van der Waals surface area contributed by atoms with Gasteiger partial charge in [0.25, 0.3) is 0 Å². The first-order valence-corrected chi connectivity index (χ1v) is 31.8. The van der Waals surface area contributed by atoms with Crippen LogP contribution in [-0.4, -0.2) is 64.8 Å². The van der Waals surface area contributed by atoms with E-state index >= 15 is 0 Å². The molecule has 0 aliphatic rings. The summed E-state index contributed by atoms with van der Waals surface area (Å²) in [5, 5.41) is 0. The minimum Gasteiger partial charge on any atom is -0.353 e. The zero-order valence-corrected chi connectivity index (χ0v) is 48.8. The second-order valence-corrected chi connectivity index (χ2v) is 21.0. The van der Waals surface area contributed by atoms with Crippen molar-refractivity contribution in [1.29, 1.82) is 0 Å². The largest absolute Gasteiger partial charge is 0.353 e. The molecule has 2 atom stereocenters. The SMILES string of the molecule is CCCCCCCCOC(CCCCCCCCCC=CC(OCCC)OC(C=CCCCCCCCCCC(OCCCCCCCC)OCCCCCCCC)OCCC)OCCCCCCCC. The van der Waals surface area contributed by atoms with Gasteiger partial charge in [-0.2, -0.15) is 0 Å². The maximum absolute atomic E-state index is 6.38. The first-order chi connectivity index (χ1) is 35.1. The second kappa shape index (κ2) is 61.7. The van der Waals surface area contributed by atoms with Crippen LogP contribution in [0.2, 0.25) is 0 Å². The summed E-state index contributed by atoms with van der Waals surface area (Å²) in [6, 6.07) is 0. The second-order valence-electron chi connectivity index (χ2n) is 21.0. The Morgan fingerprint density at radius 1 is 0.239 bits per heavy atom. The predicted molar refractivity (Wildman–Crippen MR) is 307 cm³/mol. The zero-order valence-electron chi connectivity index (χ0n) is 48.8. The molecule has 0 aromatic carbocycles. The lowest BCUT2D eigenvalue weighted by atomic mass is 10.1. The number of ether oxygens (including phenoxy) is 7. The van der Waals surface area contributed by atoms with Crippen LogP contribution in [0.1, 0.15) is 324 Å². The van der Waals surface area contributed by atoms with Crippen LogP contribution in [0.5, 0.6) is 0 Å². The van der Waals surface area contributed by atoms with E-state index in [4.69, 9.17) is 33.2 Å². The van der Waals surface area contributed by atoms with Crippen LogP contribution in [0.3, 0.4) is 0 Å². The maximum atomic E-state index is 6.38. The lowest BCUT2D eigenvalue weighted by Gasteiger charge is -2.21. The van der Waals surface area contributed by atoms with Crippen LogP contribution in [0.25, 0.3) is 0 Å². The van der Waals surface area contributed by atoms with Crippen LogP contribution in [0.15, 0.2) is 24.3 Å². The van der Waals surface area contributed by atoms with E-state index in [0.717, 1.165) is 90.6 Å². The molecule has 0 aliphatic heterocycles. The van der Waals surface area contributed by atoms with Gasteiger partial charge in [-0.15, -0.1) is 0 Å². The molecule has 0 amide bonds. The van der Waals surface area contributed by atoms with Crippen molar-refractivity contribution in [2.45, 2.75) is 349 Å². The summed E-state index contributed by atoms with van der Waals surface area (Å²) in [7, 11) is 0. The Balaban J connectivity index is 4.46. The molecule has 0 N–H and O–H groups in total. The van der Waals surface area contributed by atoms with Gasteiger partial charge in [0.15, 0.2) is 25.2 Å². The van der Waals surface area contributed by atoms with Gasteiger partial charge in [0.2, 0.25) is 0 Å². The molecule has 424 valence electrons. The first-order valence-electron chi connectivity index (χ1n) is 31.8. The van der Waals surface area contributed by atoms with Crippen LogP contribution in [0, 0.1) is 0 Å². The summed E-state index contributed by atoms with van der Waals surface area (Å²) in [5.41, 5.74) is 0. The molecule has 0 saturated heterocycles. The molecule has 0 spiro atoms. The van der Waals surface area contributed by atoms with E-state index in [1.54, 1.807) is 0 Å². The van der Waals surface area contributed by atoms with E-state index in [2.05, 4.69) is 65.8 Å². The Morgan fingerprint density at radius 3 is 0.775 bits per heavy atom. The van der Waals surface area contributed by atoms with Gasteiger partial charge in [-0.05, 0) is 102 Å². The molecule has 7 heteroatoms. The van der Waals surface area contributed by atoms with Crippen molar-refractivity contribution in [2.75, 3.05) is 39.6 Å².